The number of rotatable bonds is 3. The van der Waals surface area contributed by atoms with Crippen molar-refractivity contribution in [2.45, 2.75) is 38.3 Å². The van der Waals surface area contributed by atoms with Gasteiger partial charge in [0.05, 0.1) is 5.56 Å². The lowest BCUT2D eigenvalue weighted by molar-refractivity contribution is 0.0935. The summed E-state index contributed by atoms with van der Waals surface area (Å²) < 4.78 is 0. The van der Waals surface area contributed by atoms with Crippen LogP contribution in [0.15, 0.2) is 18.2 Å². The van der Waals surface area contributed by atoms with Gasteiger partial charge in [-0.3, -0.25) is 9.69 Å². The first kappa shape index (κ1) is 12.5. The van der Waals surface area contributed by atoms with E-state index in [4.69, 9.17) is 0 Å². The fraction of sp³-hybridized carbons (Fsp3) is 0.533. The van der Waals surface area contributed by atoms with Crippen molar-refractivity contribution in [3.8, 4) is 5.75 Å². The number of phenols is 1. The van der Waals surface area contributed by atoms with Crippen LogP contribution in [0.25, 0.3) is 0 Å². The van der Waals surface area contributed by atoms with Gasteiger partial charge in [-0.25, -0.2) is 0 Å². The summed E-state index contributed by atoms with van der Waals surface area (Å²) in [5.74, 6) is -0.102. The van der Waals surface area contributed by atoms with E-state index >= 15 is 0 Å². The van der Waals surface area contributed by atoms with Gasteiger partial charge in [-0.1, -0.05) is 6.07 Å². The lowest BCUT2D eigenvalue weighted by Gasteiger charge is -2.16. The molecule has 0 radical (unpaired) electrons. The van der Waals surface area contributed by atoms with Crippen molar-refractivity contribution in [1.82, 2.24) is 10.2 Å². The lowest BCUT2D eigenvalue weighted by Crippen LogP contribution is -2.37. The first-order valence-electron chi connectivity index (χ1n) is 6.98. The van der Waals surface area contributed by atoms with E-state index in [0.717, 1.165) is 31.1 Å². The SMILES string of the molecule is Cc1ccc(C(=O)NC2CCN(C3CC3)C2)c(O)c1. The molecular formula is C15H20N2O2. The van der Waals surface area contributed by atoms with Gasteiger partial charge >= 0.3 is 0 Å². The predicted octanol–water partition coefficient (Wildman–Crippen LogP) is 1.67. The Bertz CT molecular complexity index is 497. The smallest absolute Gasteiger partial charge is 0.255 e. The maximum Gasteiger partial charge on any atom is 0.255 e. The van der Waals surface area contributed by atoms with Crippen LogP contribution >= 0.6 is 0 Å². The third-order valence-electron chi connectivity index (χ3n) is 4.02. The number of carbonyl (C=O) groups is 1. The maximum atomic E-state index is 12.1. The van der Waals surface area contributed by atoms with Gasteiger partial charge in [0.15, 0.2) is 0 Å². The van der Waals surface area contributed by atoms with Crippen molar-refractivity contribution in [1.29, 1.82) is 0 Å². The van der Waals surface area contributed by atoms with Crippen LogP contribution in [0, 0.1) is 6.92 Å². The molecule has 2 fully saturated rings. The fourth-order valence-electron chi connectivity index (χ4n) is 2.77. The molecule has 3 rings (SSSR count). The van der Waals surface area contributed by atoms with Crippen LogP contribution in [0.1, 0.15) is 35.2 Å². The minimum absolute atomic E-state index is 0.0644. The minimum Gasteiger partial charge on any atom is -0.507 e. The summed E-state index contributed by atoms with van der Waals surface area (Å²) in [6.07, 6.45) is 3.62. The highest BCUT2D eigenvalue weighted by atomic mass is 16.3. The molecule has 2 N–H and O–H groups in total. The van der Waals surface area contributed by atoms with E-state index in [0.29, 0.717) is 5.56 Å². The molecule has 1 atom stereocenters. The van der Waals surface area contributed by atoms with Gasteiger partial charge < -0.3 is 10.4 Å². The molecule has 1 heterocycles. The van der Waals surface area contributed by atoms with Gasteiger partial charge in [0, 0.05) is 25.2 Å². The van der Waals surface area contributed by atoms with Crippen LogP contribution in [0.5, 0.6) is 5.75 Å². The monoisotopic (exact) mass is 260 g/mol. The number of nitrogens with one attached hydrogen (secondary N) is 1. The van der Waals surface area contributed by atoms with E-state index in [1.54, 1.807) is 12.1 Å². The Morgan fingerprint density at radius 3 is 2.84 bits per heavy atom. The molecule has 1 unspecified atom stereocenters. The van der Waals surface area contributed by atoms with Crippen molar-refractivity contribution in [3.05, 3.63) is 29.3 Å². The summed E-state index contributed by atoms with van der Waals surface area (Å²) in [7, 11) is 0. The van der Waals surface area contributed by atoms with Gasteiger partial charge in [-0.15, -0.1) is 0 Å². The zero-order valence-corrected chi connectivity index (χ0v) is 11.2. The normalized spacial score (nSPS) is 23.5. The zero-order chi connectivity index (χ0) is 13.4. The molecule has 4 nitrogen and oxygen atoms in total. The first-order valence-corrected chi connectivity index (χ1v) is 6.98. The average molecular weight is 260 g/mol. The summed E-state index contributed by atoms with van der Waals surface area (Å²) >= 11 is 0. The molecule has 1 aliphatic carbocycles. The Hall–Kier alpha value is -1.55. The number of aromatic hydroxyl groups is 1. The van der Waals surface area contributed by atoms with Crippen molar-refractivity contribution in [2.24, 2.45) is 0 Å². The number of amides is 1. The second-order valence-corrected chi connectivity index (χ2v) is 5.71. The van der Waals surface area contributed by atoms with Crippen LogP contribution in [0.2, 0.25) is 0 Å². The van der Waals surface area contributed by atoms with E-state index in [1.165, 1.54) is 12.8 Å². The van der Waals surface area contributed by atoms with Crippen LogP contribution in [-0.4, -0.2) is 41.1 Å². The topological polar surface area (TPSA) is 52.6 Å². The van der Waals surface area contributed by atoms with E-state index in [1.807, 2.05) is 13.0 Å². The quantitative estimate of drug-likeness (QED) is 0.869. The maximum absolute atomic E-state index is 12.1. The molecule has 1 aliphatic heterocycles. The van der Waals surface area contributed by atoms with E-state index in [9.17, 15) is 9.90 Å². The molecule has 1 aromatic carbocycles. The summed E-state index contributed by atoms with van der Waals surface area (Å²) in [5, 5.41) is 12.8. The van der Waals surface area contributed by atoms with Gasteiger partial charge in [0.25, 0.3) is 5.91 Å². The average Bonchev–Trinajstić information content (AvgIpc) is 3.10. The Morgan fingerprint density at radius 2 is 2.16 bits per heavy atom. The zero-order valence-electron chi connectivity index (χ0n) is 11.2. The molecule has 1 saturated carbocycles. The Labute approximate surface area is 113 Å². The van der Waals surface area contributed by atoms with Gasteiger partial charge in [0.1, 0.15) is 5.75 Å². The van der Waals surface area contributed by atoms with E-state index in [-0.39, 0.29) is 17.7 Å². The fourth-order valence-corrected chi connectivity index (χ4v) is 2.77. The number of hydrogen-bond acceptors (Lipinski definition) is 3. The number of phenolic OH excluding ortho intramolecular Hbond substituents is 1. The second kappa shape index (κ2) is 4.85. The number of nitrogens with zero attached hydrogens (tertiary/aromatic N) is 1. The van der Waals surface area contributed by atoms with Gasteiger partial charge in [-0.05, 0) is 43.9 Å². The lowest BCUT2D eigenvalue weighted by atomic mass is 10.1. The highest BCUT2D eigenvalue weighted by molar-refractivity contribution is 5.97. The summed E-state index contributed by atoms with van der Waals surface area (Å²) in [6, 6.07) is 6.14. The van der Waals surface area contributed by atoms with E-state index < -0.39 is 0 Å². The van der Waals surface area contributed by atoms with Crippen molar-refractivity contribution in [3.63, 3.8) is 0 Å². The molecule has 102 valence electrons. The molecule has 0 spiro atoms. The summed E-state index contributed by atoms with van der Waals surface area (Å²) in [5.41, 5.74) is 1.32. The number of carbonyl (C=O) groups excluding carboxylic acids is 1. The third-order valence-corrected chi connectivity index (χ3v) is 4.02. The molecule has 1 amide bonds. The van der Waals surface area contributed by atoms with Crippen molar-refractivity contribution in [2.75, 3.05) is 13.1 Å². The standard InChI is InChI=1S/C15H20N2O2/c1-10-2-5-13(14(18)8-10)15(19)16-11-6-7-17(9-11)12-3-4-12/h2,5,8,11-12,18H,3-4,6-7,9H2,1H3,(H,16,19). The van der Waals surface area contributed by atoms with E-state index in [2.05, 4.69) is 10.2 Å². The molecule has 0 aromatic heterocycles. The van der Waals surface area contributed by atoms with Crippen LogP contribution in [-0.2, 0) is 0 Å². The van der Waals surface area contributed by atoms with Gasteiger partial charge in [-0.2, -0.15) is 0 Å². The predicted molar refractivity (Wildman–Crippen MR) is 73.3 cm³/mol. The molecule has 4 heteroatoms. The van der Waals surface area contributed by atoms with Crippen LogP contribution < -0.4 is 5.32 Å². The Kier molecular flexibility index (Phi) is 3.19. The summed E-state index contributed by atoms with van der Waals surface area (Å²) in [4.78, 5) is 14.6. The Balaban J connectivity index is 1.61. The molecule has 1 aromatic rings. The highest BCUT2D eigenvalue weighted by Crippen LogP contribution is 2.30. The van der Waals surface area contributed by atoms with Crippen LogP contribution in [0.3, 0.4) is 0 Å². The molecular weight excluding hydrogens is 240 g/mol. The largest absolute Gasteiger partial charge is 0.507 e. The number of aryl methyl sites for hydroxylation is 1. The molecule has 1 saturated heterocycles. The van der Waals surface area contributed by atoms with Crippen molar-refractivity contribution < 1.29 is 9.90 Å². The number of hydrogen-bond donors (Lipinski definition) is 2. The van der Waals surface area contributed by atoms with Crippen LogP contribution in [0.4, 0.5) is 0 Å². The Morgan fingerprint density at radius 1 is 1.37 bits per heavy atom. The molecule has 2 aliphatic rings. The molecule has 0 bridgehead atoms. The molecule has 19 heavy (non-hydrogen) atoms. The van der Waals surface area contributed by atoms with Crippen molar-refractivity contribution >= 4 is 5.91 Å². The minimum atomic E-state index is -0.167. The number of benzene rings is 1. The summed E-state index contributed by atoms with van der Waals surface area (Å²) in [6.45, 7) is 3.92. The van der Waals surface area contributed by atoms with Gasteiger partial charge in [0.2, 0.25) is 0 Å². The highest BCUT2D eigenvalue weighted by Gasteiger charge is 2.34. The number of likely N-dealkylation sites (tertiary alicyclic amines) is 1. The first-order chi connectivity index (χ1) is 9.13. The third kappa shape index (κ3) is 2.73. The second-order valence-electron chi connectivity index (χ2n) is 5.71.